The van der Waals surface area contributed by atoms with E-state index >= 15 is 0 Å². The molecule has 0 saturated carbocycles. The normalized spacial score (nSPS) is 24.4. The monoisotopic (exact) mass is 347 g/mol. The summed E-state index contributed by atoms with van der Waals surface area (Å²) in [6.07, 6.45) is 3.73. The summed E-state index contributed by atoms with van der Waals surface area (Å²) in [6.45, 7) is 2.93. The largest absolute Gasteiger partial charge is 0.381 e. The first-order valence-electron chi connectivity index (χ1n) is 8.51. The summed E-state index contributed by atoms with van der Waals surface area (Å²) in [7, 11) is 0. The maximum Gasteiger partial charge on any atom is 0.228 e. The van der Waals surface area contributed by atoms with Crippen LogP contribution in [0.15, 0.2) is 21.3 Å². The molecule has 0 unspecified atom stereocenters. The van der Waals surface area contributed by atoms with Crippen molar-refractivity contribution in [1.29, 1.82) is 0 Å². The SMILES string of the molecule is O=C([C@H]1CCOC1)N1CCC[C@@H](Cc2nc(-c3ccsc3)no2)C1. The molecule has 2 aromatic rings. The average Bonchev–Trinajstić information content (AvgIpc) is 3.35. The smallest absolute Gasteiger partial charge is 0.228 e. The Morgan fingerprint density at radius 3 is 3.17 bits per heavy atom. The molecule has 24 heavy (non-hydrogen) atoms. The molecular formula is C17H21N3O3S. The maximum absolute atomic E-state index is 12.6. The molecule has 2 saturated heterocycles. The van der Waals surface area contributed by atoms with E-state index in [-0.39, 0.29) is 11.8 Å². The summed E-state index contributed by atoms with van der Waals surface area (Å²) >= 11 is 1.62. The highest BCUT2D eigenvalue weighted by molar-refractivity contribution is 7.08. The number of aromatic nitrogens is 2. The summed E-state index contributed by atoms with van der Waals surface area (Å²) in [5, 5.41) is 8.08. The molecule has 2 aliphatic rings. The Hall–Kier alpha value is -1.73. The highest BCUT2D eigenvalue weighted by Gasteiger charge is 2.31. The van der Waals surface area contributed by atoms with Crippen LogP contribution in [0.4, 0.5) is 0 Å². The number of hydrogen-bond donors (Lipinski definition) is 0. The molecule has 0 spiro atoms. The highest BCUT2D eigenvalue weighted by Crippen LogP contribution is 2.25. The topological polar surface area (TPSA) is 68.5 Å². The second-order valence-corrected chi connectivity index (χ2v) is 7.36. The molecule has 2 aliphatic heterocycles. The molecule has 0 N–H and O–H groups in total. The molecule has 2 atom stereocenters. The zero-order valence-corrected chi connectivity index (χ0v) is 14.3. The lowest BCUT2D eigenvalue weighted by atomic mass is 9.93. The first kappa shape index (κ1) is 15.8. The fraction of sp³-hybridized carbons (Fsp3) is 0.588. The quantitative estimate of drug-likeness (QED) is 0.850. The third-order valence-corrected chi connectivity index (χ3v) is 5.50. The molecule has 4 heterocycles. The van der Waals surface area contributed by atoms with Crippen molar-refractivity contribution >= 4 is 17.2 Å². The summed E-state index contributed by atoms with van der Waals surface area (Å²) in [6, 6.07) is 1.99. The zero-order chi connectivity index (χ0) is 16.4. The van der Waals surface area contributed by atoms with Crippen LogP contribution in [0.3, 0.4) is 0 Å². The second-order valence-electron chi connectivity index (χ2n) is 6.58. The predicted octanol–water partition coefficient (Wildman–Crippen LogP) is 2.62. The van der Waals surface area contributed by atoms with Crippen LogP contribution in [0.5, 0.6) is 0 Å². The van der Waals surface area contributed by atoms with E-state index in [0.717, 1.165) is 44.3 Å². The Morgan fingerprint density at radius 2 is 2.38 bits per heavy atom. The highest BCUT2D eigenvalue weighted by atomic mass is 32.1. The third-order valence-electron chi connectivity index (χ3n) is 4.82. The van der Waals surface area contributed by atoms with Gasteiger partial charge in [-0.15, -0.1) is 0 Å². The van der Waals surface area contributed by atoms with E-state index in [1.807, 2.05) is 21.7 Å². The van der Waals surface area contributed by atoms with Gasteiger partial charge in [0, 0.05) is 37.1 Å². The van der Waals surface area contributed by atoms with E-state index in [9.17, 15) is 4.79 Å². The van der Waals surface area contributed by atoms with Crippen LogP contribution in [0.25, 0.3) is 11.4 Å². The second kappa shape index (κ2) is 7.03. The fourth-order valence-corrected chi connectivity index (χ4v) is 4.15. The maximum atomic E-state index is 12.6. The first-order chi connectivity index (χ1) is 11.8. The van der Waals surface area contributed by atoms with Crippen LogP contribution in [-0.2, 0) is 16.0 Å². The number of amides is 1. The van der Waals surface area contributed by atoms with E-state index in [0.29, 0.717) is 30.8 Å². The Labute approximate surface area is 144 Å². The molecule has 0 bridgehead atoms. The lowest BCUT2D eigenvalue weighted by Gasteiger charge is -2.33. The summed E-state index contributed by atoms with van der Waals surface area (Å²) in [4.78, 5) is 19.1. The van der Waals surface area contributed by atoms with Gasteiger partial charge in [-0.1, -0.05) is 5.16 Å². The Balaban J connectivity index is 1.37. The number of carbonyl (C=O) groups is 1. The molecule has 4 rings (SSSR count). The minimum atomic E-state index is 0.0531. The van der Waals surface area contributed by atoms with Crippen molar-refractivity contribution in [1.82, 2.24) is 15.0 Å². The van der Waals surface area contributed by atoms with Crippen LogP contribution in [0.1, 0.15) is 25.2 Å². The molecule has 0 aromatic carbocycles. The van der Waals surface area contributed by atoms with Gasteiger partial charge >= 0.3 is 0 Å². The number of thiophene rings is 1. The summed E-state index contributed by atoms with van der Waals surface area (Å²) < 4.78 is 10.8. The van der Waals surface area contributed by atoms with E-state index in [4.69, 9.17) is 9.26 Å². The van der Waals surface area contributed by atoms with Crippen LogP contribution < -0.4 is 0 Å². The van der Waals surface area contributed by atoms with E-state index < -0.39 is 0 Å². The van der Waals surface area contributed by atoms with Crippen molar-refractivity contribution in [2.45, 2.75) is 25.7 Å². The number of nitrogens with zero attached hydrogens (tertiary/aromatic N) is 3. The molecule has 128 valence electrons. The third kappa shape index (κ3) is 3.37. The Morgan fingerprint density at radius 1 is 1.42 bits per heavy atom. The Bertz CT molecular complexity index is 679. The van der Waals surface area contributed by atoms with Gasteiger partial charge in [0.05, 0.1) is 12.5 Å². The van der Waals surface area contributed by atoms with Crippen molar-refractivity contribution in [3.63, 3.8) is 0 Å². The zero-order valence-electron chi connectivity index (χ0n) is 13.5. The van der Waals surface area contributed by atoms with Crippen molar-refractivity contribution in [2.75, 3.05) is 26.3 Å². The minimum absolute atomic E-state index is 0.0531. The molecule has 2 fully saturated rings. The van der Waals surface area contributed by atoms with Gasteiger partial charge in [0.15, 0.2) is 0 Å². The van der Waals surface area contributed by atoms with Gasteiger partial charge in [-0.3, -0.25) is 4.79 Å². The summed E-state index contributed by atoms with van der Waals surface area (Å²) in [5.41, 5.74) is 0.997. The predicted molar refractivity (Wildman–Crippen MR) is 89.5 cm³/mol. The van der Waals surface area contributed by atoms with Crippen molar-refractivity contribution in [3.05, 3.63) is 22.7 Å². The van der Waals surface area contributed by atoms with E-state index in [1.165, 1.54) is 0 Å². The number of hydrogen-bond acceptors (Lipinski definition) is 6. The van der Waals surface area contributed by atoms with Crippen LogP contribution >= 0.6 is 11.3 Å². The van der Waals surface area contributed by atoms with Crippen molar-refractivity contribution in [3.8, 4) is 11.4 Å². The van der Waals surface area contributed by atoms with E-state index in [1.54, 1.807) is 11.3 Å². The number of piperidine rings is 1. The average molecular weight is 347 g/mol. The Kier molecular flexibility index (Phi) is 4.62. The van der Waals surface area contributed by atoms with Crippen LogP contribution in [0.2, 0.25) is 0 Å². The van der Waals surface area contributed by atoms with Gasteiger partial charge in [0.25, 0.3) is 0 Å². The number of rotatable bonds is 4. The standard InChI is InChI=1S/C17H21N3O3S/c21-17(13-3-6-22-10-13)20-5-1-2-12(9-20)8-15-18-16(19-23-15)14-4-7-24-11-14/h4,7,11-13H,1-3,5-6,8-10H2/t12-,13-/m0/s1. The number of likely N-dealkylation sites (tertiary alicyclic amines) is 1. The molecule has 7 heteroatoms. The van der Waals surface area contributed by atoms with Crippen LogP contribution in [0, 0.1) is 11.8 Å². The summed E-state index contributed by atoms with van der Waals surface area (Å²) in [5.74, 6) is 2.01. The van der Waals surface area contributed by atoms with Gasteiger partial charge in [-0.25, -0.2) is 0 Å². The lowest BCUT2D eigenvalue weighted by molar-refractivity contribution is -0.137. The van der Waals surface area contributed by atoms with Gasteiger partial charge in [0.1, 0.15) is 0 Å². The van der Waals surface area contributed by atoms with Crippen LogP contribution in [-0.4, -0.2) is 47.3 Å². The first-order valence-corrected chi connectivity index (χ1v) is 9.45. The molecule has 6 nitrogen and oxygen atoms in total. The van der Waals surface area contributed by atoms with E-state index in [2.05, 4.69) is 10.1 Å². The number of carbonyl (C=O) groups excluding carboxylic acids is 1. The fourth-order valence-electron chi connectivity index (χ4n) is 3.51. The van der Waals surface area contributed by atoms with Gasteiger partial charge < -0.3 is 14.2 Å². The van der Waals surface area contributed by atoms with Crippen molar-refractivity contribution in [2.24, 2.45) is 11.8 Å². The number of ether oxygens (including phenoxy) is 1. The molecular weight excluding hydrogens is 326 g/mol. The minimum Gasteiger partial charge on any atom is -0.381 e. The molecule has 0 radical (unpaired) electrons. The molecule has 2 aromatic heterocycles. The van der Waals surface area contributed by atoms with Gasteiger partial charge in [-0.05, 0) is 36.6 Å². The lowest BCUT2D eigenvalue weighted by Crippen LogP contribution is -2.43. The van der Waals surface area contributed by atoms with Gasteiger partial charge in [-0.2, -0.15) is 16.3 Å². The van der Waals surface area contributed by atoms with Gasteiger partial charge in [0.2, 0.25) is 17.6 Å². The van der Waals surface area contributed by atoms with Crippen molar-refractivity contribution < 1.29 is 14.1 Å². The molecule has 1 amide bonds. The molecule has 0 aliphatic carbocycles.